The van der Waals surface area contributed by atoms with Crippen LogP contribution in [0.1, 0.15) is 98.2 Å². The van der Waals surface area contributed by atoms with Crippen LogP contribution in [0.3, 0.4) is 0 Å². The zero-order valence-corrected chi connectivity index (χ0v) is 34.2. The molecule has 2 saturated heterocycles. The number of para-hydroxylation sites is 1. The number of amides is 3. The first-order valence-corrected chi connectivity index (χ1v) is 20.4. The van der Waals surface area contributed by atoms with E-state index in [4.69, 9.17) is 4.74 Å². The summed E-state index contributed by atoms with van der Waals surface area (Å²) in [6.45, 7) is 8.81. The van der Waals surface area contributed by atoms with Gasteiger partial charge in [0.25, 0.3) is 12.3 Å². The summed E-state index contributed by atoms with van der Waals surface area (Å²) >= 11 is 0. The summed E-state index contributed by atoms with van der Waals surface area (Å²) < 4.78 is 40.0. The average molecular weight is 826 g/mol. The number of alkyl halides is 2. The lowest BCUT2D eigenvalue weighted by Gasteiger charge is -2.37. The van der Waals surface area contributed by atoms with Gasteiger partial charge in [-0.15, -0.1) is 0 Å². The number of methoxy groups -OCH3 is 1. The number of piperidine rings is 1. The van der Waals surface area contributed by atoms with E-state index in [0.717, 1.165) is 58.4 Å². The summed E-state index contributed by atoms with van der Waals surface area (Å²) in [6, 6.07) is 6.46. The minimum Gasteiger partial charge on any atom is -0.373 e. The number of imide groups is 1. The van der Waals surface area contributed by atoms with Gasteiger partial charge in [0.05, 0.1) is 46.8 Å². The molecule has 1 saturated carbocycles. The molecule has 2 aliphatic heterocycles. The van der Waals surface area contributed by atoms with E-state index in [0.29, 0.717) is 34.8 Å². The number of hydrogen-bond donors (Lipinski definition) is 2. The van der Waals surface area contributed by atoms with Gasteiger partial charge in [0.15, 0.2) is 11.3 Å². The Balaban J connectivity index is 0.835. The molecule has 60 heavy (non-hydrogen) atoms. The number of halogens is 2. The summed E-state index contributed by atoms with van der Waals surface area (Å²) in [5.41, 5.74) is 1.48. The monoisotopic (exact) mass is 825 g/mol. The van der Waals surface area contributed by atoms with Crippen molar-refractivity contribution in [3.63, 3.8) is 0 Å². The van der Waals surface area contributed by atoms with Crippen molar-refractivity contribution in [2.45, 2.75) is 76.5 Å². The number of nitrogens with zero attached hydrogens (tertiary/aromatic N) is 9. The van der Waals surface area contributed by atoms with Gasteiger partial charge in [-0.1, -0.05) is 17.9 Å². The van der Waals surface area contributed by atoms with Crippen LogP contribution in [-0.2, 0) is 27.0 Å². The number of imidazole rings is 1. The highest BCUT2D eigenvalue weighted by molar-refractivity contribution is 6.08. The lowest BCUT2D eigenvalue weighted by molar-refractivity contribution is -0.135. The van der Waals surface area contributed by atoms with E-state index in [9.17, 15) is 28.0 Å². The SMILES string of the molecule is COC(C)(C)c1ccn2ncc(C(=O)Nc3cn(C4CCC(CN5CCN(CC#Cc6cccc7c6n(C)c(=O)n7C6CCC(=O)NC6=O)CC5)CC4)nc3C(F)F)c2n1. The number of carbonyl (C=O) groups is 3. The van der Waals surface area contributed by atoms with Gasteiger partial charge >= 0.3 is 5.69 Å². The van der Waals surface area contributed by atoms with E-state index in [-0.39, 0.29) is 47.4 Å². The Kier molecular flexibility index (Phi) is 11.4. The standard InChI is InChI=1S/C42H49F2N11O5/c1-42(2,60-4)33-16-18-53-38(47-33)29(23-45-53)39(57)46-30-25-54(49-35(30)37(43)44)28-12-10-26(11-13-28)24-52-21-19-51(20-22-52)17-6-8-27-7-5-9-31-36(27)50(3)41(59)55(31)32-14-15-34(56)48-40(32)58/h5,7,9,16,18,23,25-26,28,32,37H,10-15,17,19-22,24H2,1-4H3,(H,46,57)(H,48,56,58). The Hall–Kier alpha value is -5.77. The van der Waals surface area contributed by atoms with Crippen molar-refractivity contribution in [2.75, 3.05) is 51.7 Å². The zero-order valence-electron chi connectivity index (χ0n) is 34.2. The maximum absolute atomic E-state index is 14.2. The molecule has 316 valence electrons. The molecule has 1 aromatic carbocycles. The summed E-state index contributed by atoms with van der Waals surface area (Å²) in [6.07, 6.45) is 5.61. The summed E-state index contributed by atoms with van der Waals surface area (Å²) in [5, 5.41) is 13.5. The van der Waals surface area contributed by atoms with Crippen LogP contribution in [0.2, 0.25) is 0 Å². The summed E-state index contributed by atoms with van der Waals surface area (Å²) in [5.74, 6) is 5.63. The smallest absolute Gasteiger partial charge is 0.329 e. The van der Waals surface area contributed by atoms with Gasteiger partial charge in [-0.05, 0) is 70.1 Å². The second kappa shape index (κ2) is 16.7. The van der Waals surface area contributed by atoms with Crippen LogP contribution in [0.25, 0.3) is 16.7 Å². The second-order valence-electron chi connectivity index (χ2n) is 16.4. The molecule has 3 amide bonds. The number of ether oxygens (including phenoxy) is 1. The number of hydrogen-bond acceptors (Lipinski definition) is 10. The van der Waals surface area contributed by atoms with Crippen molar-refractivity contribution < 1.29 is 27.9 Å². The van der Waals surface area contributed by atoms with Crippen LogP contribution in [0.5, 0.6) is 0 Å². The molecule has 1 unspecified atom stereocenters. The van der Waals surface area contributed by atoms with Crippen molar-refractivity contribution in [1.82, 2.24) is 48.6 Å². The first-order chi connectivity index (χ1) is 28.8. The maximum Gasteiger partial charge on any atom is 0.329 e. The van der Waals surface area contributed by atoms with Crippen molar-refractivity contribution in [1.29, 1.82) is 0 Å². The van der Waals surface area contributed by atoms with E-state index in [1.165, 1.54) is 26.0 Å². The molecule has 6 heterocycles. The van der Waals surface area contributed by atoms with Gasteiger partial charge < -0.3 is 15.0 Å². The van der Waals surface area contributed by atoms with Crippen molar-refractivity contribution in [3.8, 4) is 11.8 Å². The number of nitrogens with one attached hydrogen (secondary N) is 2. The number of aryl methyl sites for hydroxylation is 1. The highest BCUT2D eigenvalue weighted by Crippen LogP contribution is 2.36. The number of benzene rings is 1. The van der Waals surface area contributed by atoms with Gasteiger partial charge in [-0.25, -0.2) is 23.1 Å². The molecular formula is C42H49F2N11O5. The fourth-order valence-corrected chi connectivity index (χ4v) is 8.61. The van der Waals surface area contributed by atoms with E-state index < -0.39 is 35.6 Å². The molecule has 3 fully saturated rings. The lowest BCUT2D eigenvalue weighted by atomic mass is 9.85. The van der Waals surface area contributed by atoms with Crippen LogP contribution in [0.4, 0.5) is 14.5 Å². The third-order valence-electron chi connectivity index (χ3n) is 12.3. The largest absolute Gasteiger partial charge is 0.373 e. The molecule has 4 aromatic heterocycles. The Labute approximate surface area is 344 Å². The Bertz CT molecular complexity index is 2560. The zero-order chi connectivity index (χ0) is 42.3. The minimum absolute atomic E-state index is 0.0288. The Morgan fingerprint density at radius 3 is 2.52 bits per heavy atom. The van der Waals surface area contributed by atoms with Gasteiger partial charge in [-0.3, -0.25) is 38.4 Å². The molecule has 3 aliphatic rings. The van der Waals surface area contributed by atoms with Crippen LogP contribution in [0, 0.1) is 17.8 Å². The molecule has 16 nitrogen and oxygen atoms in total. The molecular weight excluding hydrogens is 777 g/mol. The van der Waals surface area contributed by atoms with Crippen LogP contribution in [0.15, 0.2) is 47.7 Å². The third-order valence-corrected chi connectivity index (χ3v) is 12.3. The molecule has 0 bridgehead atoms. The molecule has 0 radical (unpaired) electrons. The first kappa shape index (κ1) is 41.0. The summed E-state index contributed by atoms with van der Waals surface area (Å²) in [7, 11) is 3.24. The fourth-order valence-electron chi connectivity index (χ4n) is 8.61. The third kappa shape index (κ3) is 8.08. The molecule has 2 N–H and O–H groups in total. The summed E-state index contributed by atoms with van der Waals surface area (Å²) in [4.78, 5) is 60.4. The predicted molar refractivity (Wildman–Crippen MR) is 218 cm³/mol. The minimum atomic E-state index is -2.87. The normalized spacial score (nSPS) is 20.8. The van der Waals surface area contributed by atoms with E-state index in [1.54, 1.807) is 37.2 Å². The maximum atomic E-state index is 14.2. The Morgan fingerprint density at radius 1 is 1.05 bits per heavy atom. The number of carbonyl (C=O) groups excluding carboxylic acids is 3. The van der Waals surface area contributed by atoms with E-state index in [2.05, 4.69) is 47.5 Å². The first-order valence-electron chi connectivity index (χ1n) is 20.4. The van der Waals surface area contributed by atoms with Crippen LogP contribution >= 0.6 is 0 Å². The quantitative estimate of drug-likeness (QED) is 0.155. The topological polar surface area (TPSA) is 166 Å². The van der Waals surface area contributed by atoms with Crippen LogP contribution < -0.4 is 16.3 Å². The number of anilines is 1. The molecule has 0 spiro atoms. The van der Waals surface area contributed by atoms with Gasteiger partial charge in [0.2, 0.25) is 11.8 Å². The van der Waals surface area contributed by atoms with E-state index in [1.807, 2.05) is 26.0 Å². The van der Waals surface area contributed by atoms with Crippen molar-refractivity contribution >= 4 is 40.1 Å². The average Bonchev–Trinajstić information content (AvgIpc) is 3.93. The number of fused-ring (bicyclic) bond motifs is 2. The van der Waals surface area contributed by atoms with Gasteiger partial charge in [0.1, 0.15) is 17.2 Å². The number of piperazine rings is 1. The van der Waals surface area contributed by atoms with Gasteiger partial charge in [-0.2, -0.15) is 10.2 Å². The van der Waals surface area contributed by atoms with Crippen molar-refractivity contribution in [3.05, 3.63) is 75.9 Å². The number of rotatable bonds is 10. The van der Waals surface area contributed by atoms with Gasteiger partial charge in [0, 0.05) is 65.7 Å². The number of aromatic nitrogens is 7. The molecule has 1 aliphatic carbocycles. The molecule has 1 atom stereocenters. The lowest BCUT2D eigenvalue weighted by Crippen LogP contribution is -2.48. The highest BCUT2D eigenvalue weighted by Gasteiger charge is 2.33. The molecule has 8 rings (SSSR count). The fraction of sp³-hybridized carbons (Fsp3) is 0.500. The predicted octanol–water partition coefficient (Wildman–Crippen LogP) is 4.03. The highest BCUT2D eigenvalue weighted by atomic mass is 19.3. The molecule has 5 aromatic rings. The molecule has 18 heteroatoms. The van der Waals surface area contributed by atoms with Crippen molar-refractivity contribution in [2.24, 2.45) is 13.0 Å². The second-order valence-corrected chi connectivity index (χ2v) is 16.4. The van der Waals surface area contributed by atoms with Crippen LogP contribution in [-0.4, -0.2) is 107 Å². The van der Waals surface area contributed by atoms with E-state index >= 15 is 0 Å². The Morgan fingerprint density at radius 2 is 1.80 bits per heavy atom.